The van der Waals surface area contributed by atoms with Crippen molar-refractivity contribution in [2.24, 2.45) is 11.8 Å². The van der Waals surface area contributed by atoms with Crippen LogP contribution in [0.2, 0.25) is 0 Å². The third kappa shape index (κ3) is 4.59. The molecule has 1 aliphatic heterocycles. The number of carbonyl (C=O) groups is 3. The number of nitrogens with one attached hydrogen (secondary N) is 1. The van der Waals surface area contributed by atoms with Crippen LogP contribution in [0.4, 0.5) is 5.69 Å². The zero-order valence-corrected chi connectivity index (χ0v) is 20.2. The number of ether oxygens (including phenoxy) is 2. The van der Waals surface area contributed by atoms with Crippen LogP contribution in [0.15, 0.2) is 46.8 Å². The summed E-state index contributed by atoms with van der Waals surface area (Å²) in [6.07, 6.45) is 4.67. The van der Waals surface area contributed by atoms with Crippen LogP contribution < -0.4 is 5.32 Å². The summed E-state index contributed by atoms with van der Waals surface area (Å²) < 4.78 is 10.7. The van der Waals surface area contributed by atoms with E-state index < -0.39 is 34.5 Å². The summed E-state index contributed by atoms with van der Waals surface area (Å²) in [5.74, 6) is -4.17. The van der Waals surface area contributed by atoms with E-state index in [9.17, 15) is 24.5 Å². The molecule has 1 N–H and O–H groups in total. The predicted molar refractivity (Wildman–Crippen MR) is 126 cm³/mol. The maximum absolute atomic E-state index is 13.8. The van der Waals surface area contributed by atoms with Crippen molar-refractivity contribution in [3.8, 4) is 0 Å². The molecule has 1 fully saturated rings. The monoisotopic (exact) mass is 482 g/mol. The van der Waals surface area contributed by atoms with Crippen molar-refractivity contribution in [1.29, 1.82) is 0 Å². The highest BCUT2D eigenvalue weighted by Gasteiger charge is 2.48. The number of Topliss-reactive ketones (excluding diaryl/α,β-unsaturated/α-hetero) is 1. The fourth-order valence-electron chi connectivity index (χ4n) is 5.56. The van der Waals surface area contributed by atoms with Crippen LogP contribution in [0.3, 0.4) is 0 Å². The summed E-state index contributed by atoms with van der Waals surface area (Å²) in [5.41, 5.74) is 1.42. The average Bonchev–Trinajstić information content (AvgIpc) is 2.83. The molecular weight excluding hydrogens is 452 g/mol. The Balaban J connectivity index is 1.85. The fraction of sp³-hybridized carbons (Fsp3) is 0.500. The molecule has 0 spiro atoms. The Morgan fingerprint density at radius 1 is 1.14 bits per heavy atom. The molecule has 1 aromatic rings. The van der Waals surface area contributed by atoms with E-state index >= 15 is 0 Å². The number of dihydropyridines is 1. The molecule has 3 atom stereocenters. The Kier molecular flexibility index (Phi) is 7.05. The first-order valence-corrected chi connectivity index (χ1v) is 12.0. The quantitative estimate of drug-likeness (QED) is 0.288. The zero-order chi connectivity index (χ0) is 25.3. The number of nitro groups is 1. The molecule has 186 valence electrons. The first-order valence-electron chi connectivity index (χ1n) is 12.0. The van der Waals surface area contributed by atoms with E-state index in [0.29, 0.717) is 17.8 Å². The van der Waals surface area contributed by atoms with Crippen molar-refractivity contribution in [3.63, 3.8) is 0 Å². The van der Waals surface area contributed by atoms with Gasteiger partial charge in [0.05, 0.1) is 23.5 Å². The molecule has 2 aliphatic carbocycles. The van der Waals surface area contributed by atoms with Crippen molar-refractivity contribution in [2.75, 3.05) is 7.11 Å². The van der Waals surface area contributed by atoms with Gasteiger partial charge in [0, 0.05) is 28.6 Å². The topological polar surface area (TPSA) is 125 Å². The molecule has 0 amide bonds. The predicted octanol–water partition coefficient (Wildman–Crippen LogP) is 4.08. The second-order valence-corrected chi connectivity index (χ2v) is 9.52. The van der Waals surface area contributed by atoms with E-state index in [0.717, 1.165) is 32.1 Å². The van der Waals surface area contributed by atoms with Gasteiger partial charge in [0.1, 0.15) is 12.0 Å². The maximum Gasteiger partial charge on any atom is 0.337 e. The highest BCUT2D eigenvalue weighted by Crippen LogP contribution is 2.47. The number of allylic oxidation sites excluding steroid dienone is 3. The molecule has 0 unspecified atom stereocenters. The van der Waals surface area contributed by atoms with Gasteiger partial charge in [-0.15, -0.1) is 0 Å². The van der Waals surface area contributed by atoms with Gasteiger partial charge in [0.2, 0.25) is 0 Å². The Hall–Kier alpha value is -3.49. The highest BCUT2D eigenvalue weighted by molar-refractivity contribution is 6.12. The number of carbonyl (C=O) groups excluding carboxylic acids is 3. The molecule has 4 rings (SSSR count). The van der Waals surface area contributed by atoms with Crippen molar-refractivity contribution in [1.82, 2.24) is 5.32 Å². The van der Waals surface area contributed by atoms with Crippen LogP contribution in [0, 0.1) is 22.0 Å². The Bertz CT molecular complexity index is 1130. The van der Waals surface area contributed by atoms with Gasteiger partial charge in [-0.2, -0.15) is 0 Å². The molecule has 1 aromatic carbocycles. The van der Waals surface area contributed by atoms with Crippen LogP contribution in [-0.4, -0.2) is 35.9 Å². The van der Waals surface area contributed by atoms with E-state index in [4.69, 9.17) is 9.47 Å². The van der Waals surface area contributed by atoms with Crippen LogP contribution in [0.1, 0.15) is 63.9 Å². The lowest BCUT2D eigenvalue weighted by Crippen LogP contribution is -2.43. The minimum absolute atomic E-state index is 0.162. The largest absolute Gasteiger partial charge is 0.468 e. The number of rotatable bonds is 5. The van der Waals surface area contributed by atoms with Gasteiger partial charge in [-0.1, -0.05) is 31.5 Å². The van der Waals surface area contributed by atoms with Gasteiger partial charge < -0.3 is 14.8 Å². The number of hydrogen-bond donors (Lipinski definition) is 1. The maximum atomic E-state index is 13.8. The van der Waals surface area contributed by atoms with Gasteiger partial charge >= 0.3 is 11.9 Å². The fourth-order valence-corrected chi connectivity index (χ4v) is 5.56. The third-order valence-electron chi connectivity index (χ3n) is 7.23. The summed E-state index contributed by atoms with van der Waals surface area (Å²) in [6, 6.07) is 6.08. The highest BCUT2D eigenvalue weighted by atomic mass is 16.6. The van der Waals surface area contributed by atoms with Crippen molar-refractivity contribution in [3.05, 3.63) is 62.5 Å². The van der Waals surface area contributed by atoms with Crippen LogP contribution >= 0.6 is 0 Å². The van der Waals surface area contributed by atoms with Crippen molar-refractivity contribution < 1.29 is 28.8 Å². The molecule has 1 saturated carbocycles. The van der Waals surface area contributed by atoms with Gasteiger partial charge in [0.15, 0.2) is 5.78 Å². The van der Waals surface area contributed by atoms with Gasteiger partial charge in [-0.3, -0.25) is 19.7 Å². The molecule has 0 radical (unpaired) electrons. The molecular formula is C26H30N2O7. The number of benzene rings is 1. The molecule has 3 aliphatic rings. The lowest BCUT2D eigenvalue weighted by Gasteiger charge is -2.38. The molecule has 0 bridgehead atoms. The molecule has 0 aromatic heterocycles. The van der Waals surface area contributed by atoms with E-state index in [-0.39, 0.29) is 34.4 Å². The third-order valence-corrected chi connectivity index (χ3v) is 7.23. The first kappa shape index (κ1) is 24.6. The second-order valence-electron chi connectivity index (χ2n) is 9.52. The number of ketones is 1. The van der Waals surface area contributed by atoms with Crippen molar-refractivity contribution >= 4 is 23.4 Å². The van der Waals surface area contributed by atoms with Crippen LogP contribution in [-0.2, 0) is 23.9 Å². The van der Waals surface area contributed by atoms with E-state index in [2.05, 4.69) is 5.32 Å². The number of nitro benzene ring substituents is 1. The minimum Gasteiger partial charge on any atom is -0.468 e. The summed E-state index contributed by atoms with van der Waals surface area (Å²) >= 11 is 0. The lowest BCUT2D eigenvalue weighted by molar-refractivity contribution is -0.385. The summed E-state index contributed by atoms with van der Waals surface area (Å²) in [5, 5.41) is 15.1. The van der Waals surface area contributed by atoms with Crippen molar-refractivity contribution in [2.45, 2.75) is 64.4 Å². The minimum atomic E-state index is -1.06. The van der Waals surface area contributed by atoms with Gasteiger partial charge in [0.25, 0.3) is 5.69 Å². The van der Waals surface area contributed by atoms with Crippen LogP contribution in [0.5, 0.6) is 0 Å². The second kappa shape index (κ2) is 10.0. The van der Waals surface area contributed by atoms with E-state index in [1.165, 1.54) is 19.2 Å². The molecule has 0 saturated heterocycles. The number of esters is 2. The molecule has 9 heteroatoms. The number of nitrogens with zero attached hydrogens (tertiary/aromatic N) is 1. The number of methoxy groups -OCH3 is 1. The Morgan fingerprint density at radius 3 is 2.49 bits per heavy atom. The van der Waals surface area contributed by atoms with E-state index in [1.54, 1.807) is 26.0 Å². The SMILES string of the molecule is COC(=O)[C@H]1C(=O)C2=C(C[C@@H]1C)NC(C)=C(C(=O)OC1CCCCC1)[C@@H]2c1ccccc1[N+](=O)[O-]. The molecule has 9 nitrogen and oxygen atoms in total. The summed E-state index contributed by atoms with van der Waals surface area (Å²) in [7, 11) is 1.22. The average molecular weight is 483 g/mol. The number of hydrogen-bond acceptors (Lipinski definition) is 8. The lowest BCUT2D eigenvalue weighted by atomic mass is 9.69. The first-order chi connectivity index (χ1) is 16.7. The van der Waals surface area contributed by atoms with E-state index in [1.807, 2.05) is 0 Å². The Morgan fingerprint density at radius 2 is 1.83 bits per heavy atom. The number of para-hydroxylation sites is 1. The Labute approximate surface area is 203 Å². The normalized spacial score (nSPS) is 25.0. The molecule has 35 heavy (non-hydrogen) atoms. The van der Waals surface area contributed by atoms with Gasteiger partial charge in [-0.05, 0) is 44.9 Å². The smallest absolute Gasteiger partial charge is 0.337 e. The zero-order valence-electron chi connectivity index (χ0n) is 20.2. The van der Waals surface area contributed by atoms with Crippen LogP contribution in [0.25, 0.3) is 0 Å². The standard InChI is InChI=1S/C26H30N2O7/c1-14-13-18-23(24(29)20(14)25(30)34-3)22(17-11-7-8-12-19(17)28(32)33)21(15(2)27-18)26(31)35-16-9-5-4-6-10-16/h7-8,11-12,14,16,20,22,27H,4-6,9-10,13H2,1-3H3/t14-,20+,22-/m0/s1. The summed E-state index contributed by atoms with van der Waals surface area (Å²) in [6.45, 7) is 3.50. The summed E-state index contributed by atoms with van der Waals surface area (Å²) in [4.78, 5) is 51.2. The van der Waals surface area contributed by atoms with Gasteiger partial charge in [-0.25, -0.2) is 4.79 Å². The molecule has 1 heterocycles.